The van der Waals surface area contributed by atoms with Crippen LogP contribution >= 0.6 is 15.9 Å². The van der Waals surface area contributed by atoms with Gasteiger partial charge < -0.3 is 4.57 Å². The van der Waals surface area contributed by atoms with Crippen molar-refractivity contribution >= 4 is 21.6 Å². The number of rotatable bonds is 4. The quantitative estimate of drug-likeness (QED) is 0.487. The molecule has 0 amide bonds. The minimum absolute atomic E-state index is 0.0337. The largest absolute Gasteiger partial charge is 0.308 e. The van der Waals surface area contributed by atoms with Gasteiger partial charge in [-0.15, -0.1) is 0 Å². The van der Waals surface area contributed by atoms with Crippen molar-refractivity contribution in [1.82, 2.24) is 4.57 Å². The number of hydrogen-bond donors (Lipinski definition) is 0. The molecular formula is C11H13BrN2O3. The average Bonchev–Trinajstić information content (AvgIpc) is 2.25. The lowest BCUT2D eigenvalue weighted by Gasteiger charge is -2.40. The normalized spacial score (nSPS) is 17.5. The molecule has 1 fully saturated rings. The molecule has 0 N–H and O–H groups in total. The van der Waals surface area contributed by atoms with Crippen LogP contribution in [0.4, 0.5) is 5.69 Å². The van der Waals surface area contributed by atoms with Crippen molar-refractivity contribution in [2.45, 2.75) is 25.8 Å². The number of alkyl halides is 1. The monoisotopic (exact) mass is 300 g/mol. The highest BCUT2D eigenvalue weighted by Gasteiger charge is 2.36. The summed E-state index contributed by atoms with van der Waals surface area (Å²) in [6.07, 6.45) is 4.63. The lowest BCUT2D eigenvalue weighted by Crippen LogP contribution is -2.38. The standard InChI is InChI=1S/C11H13BrN2O3/c12-7-11(4-1-5-11)8-13-6-9(14(16)17)2-3-10(13)15/h2-3,6H,1,4-5,7-8H2. The molecule has 0 unspecified atom stereocenters. The van der Waals surface area contributed by atoms with Gasteiger partial charge in [-0.05, 0) is 18.3 Å². The predicted octanol–water partition coefficient (Wildman–Crippen LogP) is 2.32. The Labute approximate surface area is 107 Å². The van der Waals surface area contributed by atoms with E-state index >= 15 is 0 Å². The van der Waals surface area contributed by atoms with Crippen LogP contribution < -0.4 is 5.56 Å². The van der Waals surface area contributed by atoms with Crippen LogP contribution in [0.2, 0.25) is 0 Å². The van der Waals surface area contributed by atoms with Gasteiger partial charge in [0.1, 0.15) is 0 Å². The van der Waals surface area contributed by atoms with Crippen LogP contribution in [0.25, 0.3) is 0 Å². The molecule has 0 spiro atoms. The highest BCUT2D eigenvalue weighted by molar-refractivity contribution is 9.09. The highest BCUT2D eigenvalue weighted by Crippen LogP contribution is 2.43. The summed E-state index contributed by atoms with van der Waals surface area (Å²) in [6.45, 7) is 0.554. The molecule has 2 rings (SSSR count). The van der Waals surface area contributed by atoms with Gasteiger partial charge in [0.2, 0.25) is 0 Å². The van der Waals surface area contributed by atoms with Gasteiger partial charge in [0.05, 0.1) is 11.1 Å². The van der Waals surface area contributed by atoms with Crippen LogP contribution in [0, 0.1) is 15.5 Å². The predicted molar refractivity (Wildman–Crippen MR) is 67.4 cm³/mol. The second-order valence-electron chi connectivity index (χ2n) is 4.60. The van der Waals surface area contributed by atoms with Gasteiger partial charge in [0, 0.05) is 24.0 Å². The molecule has 1 heterocycles. The van der Waals surface area contributed by atoms with E-state index in [9.17, 15) is 14.9 Å². The molecule has 1 saturated carbocycles. The fourth-order valence-corrected chi connectivity index (χ4v) is 2.86. The van der Waals surface area contributed by atoms with Gasteiger partial charge in [0.25, 0.3) is 11.2 Å². The van der Waals surface area contributed by atoms with Gasteiger partial charge in [-0.1, -0.05) is 22.4 Å². The van der Waals surface area contributed by atoms with Crippen molar-refractivity contribution < 1.29 is 4.92 Å². The maximum Gasteiger partial charge on any atom is 0.285 e. The molecule has 0 aliphatic heterocycles. The van der Waals surface area contributed by atoms with Crippen LogP contribution in [0.5, 0.6) is 0 Å². The first kappa shape index (κ1) is 12.3. The Bertz CT molecular complexity index is 488. The van der Waals surface area contributed by atoms with E-state index in [1.165, 1.54) is 22.9 Å². The number of nitro groups is 1. The van der Waals surface area contributed by atoms with Crippen LogP contribution in [0.15, 0.2) is 23.1 Å². The Balaban J connectivity index is 2.28. The molecule has 17 heavy (non-hydrogen) atoms. The van der Waals surface area contributed by atoms with Crippen molar-refractivity contribution in [3.05, 3.63) is 38.8 Å². The summed E-state index contributed by atoms with van der Waals surface area (Å²) in [5, 5.41) is 11.5. The van der Waals surface area contributed by atoms with Gasteiger partial charge in [-0.2, -0.15) is 0 Å². The molecule has 1 aromatic rings. The van der Waals surface area contributed by atoms with Crippen molar-refractivity contribution in [3.63, 3.8) is 0 Å². The maximum absolute atomic E-state index is 11.7. The van der Waals surface area contributed by atoms with Crippen molar-refractivity contribution in [2.75, 3.05) is 5.33 Å². The number of hydrogen-bond acceptors (Lipinski definition) is 3. The molecule has 0 aromatic carbocycles. The molecule has 1 aromatic heterocycles. The molecule has 1 aliphatic rings. The topological polar surface area (TPSA) is 65.1 Å². The van der Waals surface area contributed by atoms with Gasteiger partial charge in [0.15, 0.2) is 0 Å². The molecule has 5 nitrogen and oxygen atoms in total. The van der Waals surface area contributed by atoms with Gasteiger partial charge in [-0.3, -0.25) is 14.9 Å². The fraction of sp³-hybridized carbons (Fsp3) is 0.545. The third kappa shape index (κ3) is 2.41. The molecule has 0 radical (unpaired) electrons. The smallest absolute Gasteiger partial charge is 0.285 e. The highest BCUT2D eigenvalue weighted by atomic mass is 79.9. The second kappa shape index (κ2) is 4.60. The zero-order chi connectivity index (χ0) is 12.5. The number of halogens is 1. The summed E-state index contributed by atoms with van der Waals surface area (Å²) in [5.74, 6) is 0. The number of pyridine rings is 1. The summed E-state index contributed by atoms with van der Waals surface area (Å²) in [5.41, 5.74) is -0.115. The lowest BCUT2D eigenvalue weighted by molar-refractivity contribution is -0.385. The Kier molecular flexibility index (Phi) is 3.33. The summed E-state index contributed by atoms with van der Waals surface area (Å²) in [4.78, 5) is 21.8. The summed E-state index contributed by atoms with van der Waals surface area (Å²) < 4.78 is 1.46. The van der Waals surface area contributed by atoms with Crippen LogP contribution in [0.3, 0.4) is 0 Å². The van der Waals surface area contributed by atoms with E-state index in [2.05, 4.69) is 15.9 Å². The Hall–Kier alpha value is -1.17. The van der Waals surface area contributed by atoms with Crippen molar-refractivity contribution in [2.24, 2.45) is 5.41 Å². The van der Waals surface area contributed by atoms with E-state index in [-0.39, 0.29) is 16.7 Å². The minimum Gasteiger partial charge on any atom is -0.308 e. The Morgan fingerprint density at radius 1 is 1.47 bits per heavy atom. The van der Waals surface area contributed by atoms with E-state index in [0.29, 0.717) is 6.54 Å². The number of nitrogens with zero attached hydrogens (tertiary/aromatic N) is 2. The Morgan fingerprint density at radius 3 is 2.65 bits per heavy atom. The number of aromatic nitrogens is 1. The zero-order valence-electron chi connectivity index (χ0n) is 9.26. The average molecular weight is 301 g/mol. The molecule has 0 bridgehead atoms. The molecule has 1 aliphatic carbocycles. The van der Waals surface area contributed by atoms with Crippen LogP contribution in [-0.4, -0.2) is 14.8 Å². The van der Waals surface area contributed by atoms with Crippen molar-refractivity contribution in [3.8, 4) is 0 Å². The van der Waals surface area contributed by atoms with Gasteiger partial charge >= 0.3 is 0 Å². The lowest BCUT2D eigenvalue weighted by atomic mass is 9.70. The summed E-state index contributed by atoms with van der Waals surface area (Å²) in [7, 11) is 0. The molecule has 0 atom stereocenters. The van der Waals surface area contributed by atoms with Crippen LogP contribution in [-0.2, 0) is 6.54 Å². The third-order valence-corrected chi connectivity index (χ3v) is 4.57. The summed E-state index contributed by atoms with van der Waals surface area (Å²) >= 11 is 3.46. The third-order valence-electron chi connectivity index (χ3n) is 3.38. The van der Waals surface area contributed by atoms with E-state index in [1.54, 1.807) is 0 Å². The first-order valence-electron chi connectivity index (χ1n) is 5.47. The Morgan fingerprint density at radius 2 is 2.18 bits per heavy atom. The minimum atomic E-state index is -0.475. The first-order valence-corrected chi connectivity index (χ1v) is 6.59. The van der Waals surface area contributed by atoms with E-state index < -0.39 is 4.92 Å². The first-order chi connectivity index (χ1) is 8.06. The van der Waals surface area contributed by atoms with Crippen LogP contribution in [0.1, 0.15) is 19.3 Å². The second-order valence-corrected chi connectivity index (χ2v) is 5.16. The van der Waals surface area contributed by atoms with Crippen molar-refractivity contribution in [1.29, 1.82) is 0 Å². The maximum atomic E-state index is 11.7. The molecule has 6 heteroatoms. The molecule has 92 valence electrons. The van der Waals surface area contributed by atoms with E-state index in [4.69, 9.17) is 0 Å². The molecule has 0 saturated heterocycles. The molecular weight excluding hydrogens is 288 g/mol. The van der Waals surface area contributed by atoms with Gasteiger partial charge in [-0.25, -0.2) is 0 Å². The van der Waals surface area contributed by atoms with E-state index in [0.717, 1.165) is 24.6 Å². The fourth-order valence-electron chi connectivity index (χ4n) is 2.12. The van der Waals surface area contributed by atoms with E-state index in [1.807, 2.05) is 0 Å². The SMILES string of the molecule is O=c1ccc([N+](=O)[O-])cn1CC1(CBr)CCC1. The zero-order valence-corrected chi connectivity index (χ0v) is 10.9. The summed E-state index contributed by atoms with van der Waals surface area (Å²) in [6, 6.07) is 2.51.